The van der Waals surface area contributed by atoms with Gasteiger partial charge in [0.1, 0.15) is 0 Å². The Kier molecular flexibility index (Phi) is 6.24. The summed E-state index contributed by atoms with van der Waals surface area (Å²) in [6, 6.07) is 19.6. The van der Waals surface area contributed by atoms with Gasteiger partial charge in [0.2, 0.25) is 0 Å². The van der Waals surface area contributed by atoms with Gasteiger partial charge >= 0.3 is 0 Å². The lowest BCUT2D eigenvalue weighted by molar-refractivity contribution is 0.0747. The smallest absolute Gasteiger partial charge is 0.264 e. The fraction of sp³-hybridized carbons (Fsp3) is 0.174. The van der Waals surface area contributed by atoms with Crippen LogP contribution < -0.4 is 5.32 Å². The van der Waals surface area contributed by atoms with Gasteiger partial charge < -0.3 is 10.2 Å². The molecule has 148 valence electrons. The molecule has 6 heteroatoms. The number of benzene rings is 2. The van der Waals surface area contributed by atoms with Crippen LogP contribution in [0.25, 0.3) is 0 Å². The second kappa shape index (κ2) is 8.84. The third-order valence-corrected chi connectivity index (χ3v) is 5.90. The normalized spacial score (nSPS) is 11.6. The van der Waals surface area contributed by atoms with E-state index in [1.807, 2.05) is 49.4 Å². The number of nitrogens with zero attached hydrogens (tertiary/aromatic N) is 1. The Bertz CT molecular complexity index is 1040. The van der Waals surface area contributed by atoms with Gasteiger partial charge in [0.05, 0.1) is 15.8 Å². The number of Topliss-reactive ketones (excluding diaryl/α,β-unsaturated/α-hetero) is 1. The lowest BCUT2D eigenvalue weighted by atomic mass is 10.1. The second-order valence-corrected chi connectivity index (χ2v) is 7.84. The third-order valence-electron chi connectivity index (χ3n) is 4.73. The highest BCUT2D eigenvalue weighted by molar-refractivity contribution is 7.15. The zero-order valence-corrected chi connectivity index (χ0v) is 17.3. The number of carbonyl (C=O) groups excluding carboxylic acids is 3. The molecule has 2 amide bonds. The Hall–Kier alpha value is -3.25. The first-order valence-electron chi connectivity index (χ1n) is 9.21. The number of hydrogen-bond acceptors (Lipinski definition) is 4. The van der Waals surface area contributed by atoms with E-state index in [4.69, 9.17) is 0 Å². The summed E-state index contributed by atoms with van der Waals surface area (Å²) in [4.78, 5) is 39.4. The van der Waals surface area contributed by atoms with Crippen LogP contribution in [0.5, 0.6) is 0 Å². The molecule has 1 atom stereocenters. The fourth-order valence-electron chi connectivity index (χ4n) is 2.88. The largest absolute Gasteiger partial charge is 0.334 e. The summed E-state index contributed by atoms with van der Waals surface area (Å²) in [6.07, 6.45) is 0. The number of carbonyl (C=O) groups is 3. The predicted octanol–water partition coefficient (Wildman–Crippen LogP) is 5.04. The Morgan fingerprint density at radius 3 is 2.28 bits per heavy atom. The van der Waals surface area contributed by atoms with Crippen molar-refractivity contribution in [2.75, 3.05) is 12.4 Å². The van der Waals surface area contributed by atoms with Crippen LogP contribution in [0.2, 0.25) is 0 Å². The van der Waals surface area contributed by atoms with Gasteiger partial charge in [-0.2, -0.15) is 0 Å². The lowest BCUT2D eigenvalue weighted by Crippen LogP contribution is -2.29. The Labute approximate surface area is 174 Å². The number of anilines is 1. The van der Waals surface area contributed by atoms with Crippen LogP contribution in [0.15, 0.2) is 66.7 Å². The molecule has 2 aromatic carbocycles. The molecule has 5 nitrogen and oxygen atoms in total. The standard InChI is InChI=1S/C23H22N2O3S/c1-15(25(3)23(28)21-13-12-20(29-21)16(2)26)18-10-7-11-19(14-18)24-22(27)17-8-5-4-6-9-17/h4-15H,1-3H3,(H,24,27)/t15-/m0/s1. The molecule has 1 heterocycles. The minimum absolute atomic E-state index is 0.0494. The average molecular weight is 407 g/mol. The van der Waals surface area contributed by atoms with Crippen LogP contribution >= 0.6 is 11.3 Å². The summed E-state index contributed by atoms with van der Waals surface area (Å²) >= 11 is 1.20. The van der Waals surface area contributed by atoms with E-state index in [1.165, 1.54) is 18.3 Å². The van der Waals surface area contributed by atoms with Crippen LogP contribution in [-0.2, 0) is 0 Å². The van der Waals surface area contributed by atoms with Gasteiger partial charge in [-0.15, -0.1) is 11.3 Å². The van der Waals surface area contributed by atoms with Gasteiger partial charge in [-0.1, -0.05) is 30.3 Å². The Balaban J connectivity index is 1.74. The van der Waals surface area contributed by atoms with Crippen molar-refractivity contribution in [1.82, 2.24) is 4.90 Å². The van der Waals surface area contributed by atoms with Gasteiger partial charge in [-0.25, -0.2) is 0 Å². The van der Waals surface area contributed by atoms with E-state index in [0.717, 1.165) is 5.56 Å². The highest BCUT2D eigenvalue weighted by atomic mass is 32.1. The molecule has 29 heavy (non-hydrogen) atoms. The van der Waals surface area contributed by atoms with E-state index in [-0.39, 0.29) is 23.6 Å². The molecule has 0 spiro atoms. The molecule has 0 aliphatic carbocycles. The number of nitrogens with one attached hydrogen (secondary N) is 1. The van der Waals surface area contributed by atoms with Crippen molar-refractivity contribution in [3.05, 3.63) is 87.6 Å². The van der Waals surface area contributed by atoms with E-state index >= 15 is 0 Å². The van der Waals surface area contributed by atoms with Crippen LogP contribution in [0, 0.1) is 0 Å². The molecule has 0 radical (unpaired) electrons. The molecular formula is C23H22N2O3S. The minimum Gasteiger partial charge on any atom is -0.334 e. The minimum atomic E-state index is -0.209. The van der Waals surface area contributed by atoms with Crippen molar-refractivity contribution in [1.29, 1.82) is 0 Å². The van der Waals surface area contributed by atoms with Crippen LogP contribution in [0.3, 0.4) is 0 Å². The average Bonchev–Trinajstić information content (AvgIpc) is 3.23. The van der Waals surface area contributed by atoms with Crippen LogP contribution in [0.1, 0.15) is 55.2 Å². The Morgan fingerprint density at radius 2 is 1.62 bits per heavy atom. The maximum Gasteiger partial charge on any atom is 0.264 e. The third kappa shape index (κ3) is 4.78. The predicted molar refractivity (Wildman–Crippen MR) is 116 cm³/mol. The van der Waals surface area contributed by atoms with Gasteiger partial charge in [-0.05, 0) is 55.8 Å². The molecule has 0 unspecified atom stereocenters. The van der Waals surface area contributed by atoms with Gasteiger partial charge in [0.15, 0.2) is 5.78 Å². The number of rotatable bonds is 6. The van der Waals surface area contributed by atoms with Crippen molar-refractivity contribution < 1.29 is 14.4 Å². The first kappa shape index (κ1) is 20.5. The fourth-order valence-corrected chi connectivity index (χ4v) is 3.77. The molecule has 1 aromatic heterocycles. The van der Waals surface area contributed by atoms with E-state index < -0.39 is 0 Å². The zero-order chi connectivity index (χ0) is 21.0. The molecular weight excluding hydrogens is 384 g/mol. The molecule has 3 aromatic rings. The molecule has 0 bridgehead atoms. The lowest BCUT2D eigenvalue weighted by Gasteiger charge is -2.25. The molecule has 3 rings (SSSR count). The van der Waals surface area contributed by atoms with E-state index in [2.05, 4.69) is 5.32 Å². The maximum atomic E-state index is 12.8. The first-order chi connectivity index (χ1) is 13.9. The number of amides is 2. The molecule has 0 fully saturated rings. The quantitative estimate of drug-likeness (QED) is 0.584. The van der Waals surface area contributed by atoms with Crippen LogP contribution in [0.4, 0.5) is 5.69 Å². The van der Waals surface area contributed by atoms with E-state index in [0.29, 0.717) is 21.0 Å². The second-order valence-electron chi connectivity index (χ2n) is 6.76. The van der Waals surface area contributed by atoms with Crippen molar-refractivity contribution in [3.63, 3.8) is 0 Å². The molecule has 1 N–H and O–H groups in total. The number of thiophene rings is 1. The summed E-state index contributed by atoms with van der Waals surface area (Å²) in [6.45, 7) is 3.41. The van der Waals surface area contributed by atoms with Crippen molar-refractivity contribution in [2.24, 2.45) is 0 Å². The van der Waals surface area contributed by atoms with Crippen molar-refractivity contribution >= 4 is 34.6 Å². The Morgan fingerprint density at radius 1 is 0.931 bits per heavy atom. The van der Waals surface area contributed by atoms with Gasteiger partial charge in [0.25, 0.3) is 11.8 Å². The highest BCUT2D eigenvalue weighted by Crippen LogP contribution is 2.26. The highest BCUT2D eigenvalue weighted by Gasteiger charge is 2.21. The van der Waals surface area contributed by atoms with E-state index in [1.54, 1.807) is 36.2 Å². The topological polar surface area (TPSA) is 66.5 Å². The van der Waals surface area contributed by atoms with Crippen LogP contribution in [-0.4, -0.2) is 29.5 Å². The van der Waals surface area contributed by atoms with E-state index in [9.17, 15) is 14.4 Å². The summed E-state index contributed by atoms with van der Waals surface area (Å²) in [5.74, 6) is -0.379. The van der Waals surface area contributed by atoms with Gasteiger partial charge in [-0.3, -0.25) is 14.4 Å². The monoisotopic (exact) mass is 406 g/mol. The SMILES string of the molecule is CC(=O)c1ccc(C(=O)N(C)[C@@H](C)c2cccc(NC(=O)c3ccccc3)c2)s1. The first-order valence-corrected chi connectivity index (χ1v) is 10.0. The molecule has 0 aliphatic rings. The van der Waals surface area contributed by atoms with Crippen molar-refractivity contribution in [3.8, 4) is 0 Å². The molecule has 0 saturated heterocycles. The molecule has 0 aliphatic heterocycles. The zero-order valence-electron chi connectivity index (χ0n) is 16.5. The summed E-state index contributed by atoms with van der Waals surface area (Å²) in [5, 5.41) is 2.89. The summed E-state index contributed by atoms with van der Waals surface area (Å²) < 4.78 is 0. The maximum absolute atomic E-state index is 12.8. The van der Waals surface area contributed by atoms with Crippen molar-refractivity contribution in [2.45, 2.75) is 19.9 Å². The van der Waals surface area contributed by atoms with Gasteiger partial charge in [0, 0.05) is 18.3 Å². The number of hydrogen-bond donors (Lipinski definition) is 1. The number of ketones is 1. The summed E-state index contributed by atoms with van der Waals surface area (Å²) in [5.41, 5.74) is 2.14. The summed E-state index contributed by atoms with van der Waals surface area (Å²) in [7, 11) is 1.73. The molecule has 0 saturated carbocycles.